The molecular formula is C15H28O4. The number of aliphatic hydroxyl groups excluding tert-OH is 1. The summed E-state index contributed by atoms with van der Waals surface area (Å²) in [5.41, 5.74) is 0. The maximum Gasteiger partial charge on any atom is 0.306 e. The summed E-state index contributed by atoms with van der Waals surface area (Å²) >= 11 is 0. The fraction of sp³-hybridized carbons (Fsp3) is 0.867. The molecular weight excluding hydrogens is 244 g/mol. The molecule has 0 bridgehead atoms. The van der Waals surface area contributed by atoms with Gasteiger partial charge in [-0.05, 0) is 6.42 Å². The quantitative estimate of drug-likeness (QED) is 0.413. The van der Waals surface area contributed by atoms with Gasteiger partial charge in [-0.15, -0.1) is 0 Å². The molecule has 112 valence electrons. The highest BCUT2D eigenvalue weighted by Gasteiger charge is 2.06. The van der Waals surface area contributed by atoms with Crippen molar-refractivity contribution in [3.63, 3.8) is 0 Å². The van der Waals surface area contributed by atoms with E-state index in [-0.39, 0.29) is 12.6 Å². The van der Waals surface area contributed by atoms with Gasteiger partial charge >= 0.3 is 5.97 Å². The topological polar surface area (TPSA) is 63.6 Å². The molecule has 4 nitrogen and oxygen atoms in total. The number of ether oxygens (including phenoxy) is 1. The van der Waals surface area contributed by atoms with Crippen LogP contribution in [0.1, 0.15) is 71.1 Å². The van der Waals surface area contributed by atoms with E-state index in [9.17, 15) is 9.59 Å². The third-order valence-electron chi connectivity index (χ3n) is 3.05. The predicted molar refractivity (Wildman–Crippen MR) is 74.9 cm³/mol. The summed E-state index contributed by atoms with van der Waals surface area (Å²) in [5.74, 6) is -0.801. The molecule has 0 aliphatic rings. The first-order chi connectivity index (χ1) is 9.20. The first-order valence-electron chi connectivity index (χ1n) is 7.49. The van der Waals surface area contributed by atoms with Crippen molar-refractivity contribution in [2.75, 3.05) is 13.2 Å². The van der Waals surface area contributed by atoms with Crippen LogP contribution in [-0.4, -0.2) is 30.1 Å². The van der Waals surface area contributed by atoms with E-state index in [0.29, 0.717) is 6.42 Å². The standard InChI is InChI=1S/C15H28O4/c1-2-3-4-5-6-7-8-9-10-11-15(18)19-13-14(17)12-16/h16H,2-13H2,1H3. The molecule has 0 spiro atoms. The maximum absolute atomic E-state index is 11.2. The number of Topliss-reactive ketones (excluding diaryl/α,β-unsaturated/α-hetero) is 1. The second-order valence-electron chi connectivity index (χ2n) is 4.94. The highest BCUT2D eigenvalue weighted by Crippen LogP contribution is 2.10. The number of rotatable bonds is 13. The Labute approximate surface area is 116 Å². The van der Waals surface area contributed by atoms with Gasteiger partial charge in [0.05, 0.1) is 0 Å². The molecule has 0 unspecified atom stereocenters. The number of ketones is 1. The molecule has 0 aromatic carbocycles. The summed E-state index contributed by atoms with van der Waals surface area (Å²) in [5, 5.41) is 8.46. The van der Waals surface area contributed by atoms with Crippen LogP contribution < -0.4 is 0 Å². The maximum atomic E-state index is 11.2. The zero-order valence-electron chi connectivity index (χ0n) is 12.2. The van der Waals surface area contributed by atoms with Crippen molar-refractivity contribution in [2.24, 2.45) is 0 Å². The van der Waals surface area contributed by atoms with Gasteiger partial charge in [0.2, 0.25) is 0 Å². The van der Waals surface area contributed by atoms with Crippen LogP contribution in [-0.2, 0) is 14.3 Å². The van der Waals surface area contributed by atoms with Crippen LogP contribution in [0.3, 0.4) is 0 Å². The average Bonchev–Trinajstić information content (AvgIpc) is 2.42. The number of hydrogen-bond donors (Lipinski definition) is 1. The highest BCUT2D eigenvalue weighted by molar-refractivity contribution is 5.83. The normalized spacial score (nSPS) is 10.4. The molecule has 0 heterocycles. The summed E-state index contributed by atoms with van der Waals surface area (Å²) in [6.45, 7) is 1.35. The average molecular weight is 272 g/mol. The summed E-state index contributed by atoms with van der Waals surface area (Å²) in [6.07, 6.45) is 11.2. The Morgan fingerprint density at radius 2 is 1.42 bits per heavy atom. The van der Waals surface area contributed by atoms with Crippen molar-refractivity contribution in [1.82, 2.24) is 0 Å². The van der Waals surface area contributed by atoms with Gasteiger partial charge in [-0.3, -0.25) is 9.59 Å². The zero-order chi connectivity index (χ0) is 14.3. The van der Waals surface area contributed by atoms with Crippen molar-refractivity contribution in [1.29, 1.82) is 0 Å². The summed E-state index contributed by atoms with van der Waals surface area (Å²) in [4.78, 5) is 21.9. The van der Waals surface area contributed by atoms with E-state index in [4.69, 9.17) is 9.84 Å². The van der Waals surface area contributed by atoms with E-state index in [2.05, 4.69) is 6.92 Å². The SMILES string of the molecule is CCCCCCCCCCCC(=O)OCC(=O)CO. The summed E-state index contributed by atoms with van der Waals surface area (Å²) < 4.78 is 4.72. The molecule has 1 N–H and O–H groups in total. The van der Waals surface area contributed by atoms with Crippen LogP contribution in [0.2, 0.25) is 0 Å². The van der Waals surface area contributed by atoms with Gasteiger partial charge in [-0.25, -0.2) is 0 Å². The zero-order valence-corrected chi connectivity index (χ0v) is 12.2. The minimum Gasteiger partial charge on any atom is -0.458 e. The first-order valence-corrected chi connectivity index (χ1v) is 7.49. The van der Waals surface area contributed by atoms with Gasteiger partial charge < -0.3 is 9.84 Å². The highest BCUT2D eigenvalue weighted by atomic mass is 16.5. The molecule has 0 radical (unpaired) electrons. The largest absolute Gasteiger partial charge is 0.458 e. The van der Waals surface area contributed by atoms with Crippen LogP contribution in [0.4, 0.5) is 0 Å². The lowest BCUT2D eigenvalue weighted by Gasteiger charge is -2.03. The Kier molecular flexibility index (Phi) is 12.9. The second kappa shape index (κ2) is 13.5. The lowest BCUT2D eigenvalue weighted by atomic mass is 10.1. The van der Waals surface area contributed by atoms with Crippen molar-refractivity contribution in [3.8, 4) is 0 Å². The van der Waals surface area contributed by atoms with Gasteiger partial charge in [0.1, 0.15) is 6.61 Å². The van der Waals surface area contributed by atoms with Gasteiger partial charge in [0.25, 0.3) is 0 Å². The van der Waals surface area contributed by atoms with Crippen molar-refractivity contribution < 1.29 is 19.4 Å². The van der Waals surface area contributed by atoms with Gasteiger partial charge in [-0.1, -0.05) is 58.3 Å². The minimum absolute atomic E-state index is 0.299. The molecule has 0 saturated carbocycles. The van der Waals surface area contributed by atoms with Crippen molar-refractivity contribution in [3.05, 3.63) is 0 Å². The lowest BCUT2D eigenvalue weighted by Crippen LogP contribution is -2.16. The number of carbonyl (C=O) groups is 2. The number of hydrogen-bond acceptors (Lipinski definition) is 4. The predicted octanol–water partition coefficient (Wildman–Crippen LogP) is 3.01. The number of carbonyl (C=O) groups excluding carboxylic acids is 2. The van der Waals surface area contributed by atoms with Crippen LogP contribution in [0, 0.1) is 0 Å². The van der Waals surface area contributed by atoms with E-state index < -0.39 is 12.4 Å². The molecule has 0 atom stereocenters. The van der Waals surface area contributed by atoms with Crippen LogP contribution >= 0.6 is 0 Å². The number of unbranched alkanes of at least 4 members (excludes halogenated alkanes) is 8. The molecule has 0 aromatic heterocycles. The molecule has 0 rings (SSSR count). The molecule has 4 heteroatoms. The number of esters is 1. The molecule has 0 saturated heterocycles. The molecule has 0 aliphatic carbocycles. The van der Waals surface area contributed by atoms with Crippen LogP contribution in [0.15, 0.2) is 0 Å². The third kappa shape index (κ3) is 13.3. The van der Waals surface area contributed by atoms with E-state index in [0.717, 1.165) is 19.3 Å². The lowest BCUT2D eigenvalue weighted by molar-refractivity contribution is -0.148. The fourth-order valence-electron chi connectivity index (χ4n) is 1.86. The minimum atomic E-state index is -0.564. The smallest absolute Gasteiger partial charge is 0.306 e. The Morgan fingerprint density at radius 1 is 0.895 bits per heavy atom. The van der Waals surface area contributed by atoms with Crippen molar-refractivity contribution in [2.45, 2.75) is 71.1 Å². The second-order valence-corrected chi connectivity index (χ2v) is 4.94. The van der Waals surface area contributed by atoms with E-state index in [1.54, 1.807) is 0 Å². The Balaban J connectivity index is 3.21. The number of aliphatic hydroxyl groups is 1. The summed E-state index contributed by atoms with van der Waals surface area (Å²) in [6, 6.07) is 0. The Morgan fingerprint density at radius 3 is 1.95 bits per heavy atom. The van der Waals surface area contributed by atoms with E-state index >= 15 is 0 Å². The van der Waals surface area contributed by atoms with Gasteiger partial charge in [0, 0.05) is 6.42 Å². The molecule has 0 aromatic rings. The van der Waals surface area contributed by atoms with E-state index in [1.807, 2.05) is 0 Å². The monoisotopic (exact) mass is 272 g/mol. The van der Waals surface area contributed by atoms with Crippen LogP contribution in [0.25, 0.3) is 0 Å². The molecule has 19 heavy (non-hydrogen) atoms. The fourth-order valence-corrected chi connectivity index (χ4v) is 1.86. The first kappa shape index (κ1) is 18.1. The molecule has 0 aliphatic heterocycles. The molecule has 0 fully saturated rings. The van der Waals surface area contributed by atoms with E-state index in [1.165, 1.54) is 38.5 Å². The van der Waals surface area contributed by atoms with Gasteiger partial charge in [-0.2, -0.15) is 0 Å². The van der Waals surface area contributed by atoms with Gasteiger partial charge in [0.15, 0.2) is 12.4 Å². The molecule has 0 amide bonds. The Bertz CT molecular complexity index is 238. The van der Waals surface area contributed by atoms with Crippen molar-refractivity contribution >= 4 is 11.8 Å². The third-order valence-corrected chi connectivity index (χ3v) is 3.05. The van der Waals surface area contributed by atoms with Crippen LogP contribution in [0.5, 0.6) is 0 Å². The summed E-state index contributed by atoms with van der Waals surface area (Å²) in [7, 11) is 0. The Hall–Kier alpha value is -0.900.